The molecule has 16 heavy (non-hydrogen) atoms. The van der Waals surface area contributed by atoms with Crippen LogP contribution in [0.4, 0.5) is 0 Å². The largest absolute Gasteiger partial charge is 0.465 e. The molecule has 0 spiro atoms. The molecule has 0 saturated heterocycles. The van der Waals surface area contributed by atoms with Gasteiger partial charge in [-0.05, 0) is 6.07 Å². The lowest BCUT2D eigenvalue weighted by atomic mass is 10.0. The van der Waals surface area contributed by atoms with Crippen molar-refractivity contribution in [3.8, 4) is 5.75 Å². The normalized spacial score (nSPS) is 18.8. The summed E-state index contributed by atoms with van der Waals surface area (Å²) in [6.07, 6.45) is -1.32. The van der Waals surface area contributed by atoms with Crippen LogP contribution in [0.15, 0.2) is 30.0 Å². The molecule has 1 unspecified atom stereocenters. The second-order valence-corrected chi connectivity index (χ2v) is 3.29. The number of para-hydroxylation sites is 1. The summed E-state index contributed by atoms with van der Waals surface area (Å²) in [5.41, 5.74) is 6.26. The van der Waals surface area contributed by atoms with Crippen molar-refractivity contribution < 1.29 is 19.4 Å². The van der Waals surface area contributed by atoms with Crippen LogP contribution in [0.3, 0.4) is 0 Å². The molecule has 0 aliphatic carbocycles. The minimum atomic E-state index is -1.32. The van der Waals surface area contributed by atoms with Crippen LogP contribution in [0.2, 0.25) is 0 Å². The topological polar surface area (TPSA) is 81.8 Å². The van der Waals surface area contributed by atoms with Gasteiger partial charge >= 0.3 is 5.97 Å². The van der Waals surface area contributed by atoms with Crippen LogP contribution >= 0.6 is 0 Å². The van der Waals surface area contributed by atoms with E-state index < -0.39 is 12.3 Å². The molecule has 3 N–H and O–H groups in total. The molecule has 5 heteroatoms. The van der Waals surface area contributed by atoms with Gasteiger partial charge in [0.15, 0.2) is 0 Å². The van der Waals surface area contributed by atoms with E-state index in [-0.39, 0.29) is 11.3 Å². The van der Waals surface area contributed by atoms with Crippen molar-refractivity contribution in [1.82, 2.24) is 0 Å². The Kier molecular flexibility index (Phi) is 2.54. The highest BCUT2D eigenvalue weighted by Crippen LogP contribution is 2.33. The third-order valence-corrected chi connectivity index (χ3v) is 2.34. The molecule has 0 fully saturated rings. The summed E-state index contributed by atoms with van der Waals surface area (Å²) in [5, 5.41) is 9.53. The number of nitrogens with two attached hydrogens (primary N) is 1. The Morgan fingerprint density at radius 3 is 2.88 bits per heavy atom. The highest BCUT2D eigenvalue weighted by molar-refractivity contribution is 6.18. The molecule has 2 rings (SSSR count). The van der Waals surface area contributed by atoms with Gasteiger partial charge < -0.3 is 20.3 Å². The maximum Gasteiger partial charge on any atom is 0.340 e. The van der Waals surface area contributed by atoms with Gasteiger partial charge in [0.1, 0.15) is 5.75 Å². The molecule has 0 aromatic heterocycles. The summed E-state index contributed by atoms with van der Waals surface area (Å²) in [6, 6.07) is 6.81. The van der Waals surface area contributed by atoms with Gasteiger partial charge in [-0.1, -0.05) is 18.2 Å². The number of esters is 1. The lowest BCUT2D eigenvalue weighted by Crippen LogP contribution is -2.31. The Labute approximate surface area is 92.1 Å². The molecular weight excluding hydrogens is 210 g/mol. The molecule has 0 radical (unpaired) electrons. The van der Waals surface area contributed by atoms with E-state index >= 15 is 0 Å². The first-order valence-corrected chi connectivity index (χ1v) is 4.67. The van der Waals surface area contributed by atoms with Crippen molar-refractivity contribution in [3.05, 3.63) is 35.5 Å². The first-order valence-electron chi connectivity index (χ1n) is 4.67. The summed E-state index contributed by atoms with van der Waals surface area (Å²) < 4.78 is 9.76. The lowest BCUT2D eigenvalue weighted by molar-refractivity contribution is -0.134. The van der Waals surface area contributed by atoms with Gasteiger partial charge in [0.25, 0.3) is 0 Å². The predicted molar refractivity (Wildman–Crippen MR) is 56.2 cm³/mol. The van der Waals surface area contributed by atoms with Crippen LogP contribution in [0.5, 0.6) is 5.75 Å². The number of fused-ring (bicyclic) bond motifs is 1. The number of aliphatic hydroxyl groups is 1. The summed E-state index contributed by atoms with van der Waals surface area (Å²) in [4.78, 5) is 11.6. The Hall–Kier alpha value is -2.01. The zero-order valence-electron chi connectivity index (χ0n) is 8.64. The zero-order valence-corrected chi connectivity index (χ0v) is 8.64. The van der Waals surface area contributed by atoms with Gasteiger partial charge in [0, 0.05) is 5.56 Å². The van der Waals surface area contributed by atoms with Crippen molar-refractivity contribution in [2.45, 2.75) is 6.29 Å². The number of aliphatic hydroxyl groups excluding tert-OH is 1. The number of hydrogen-bond donors (Lipinski definition) is 2. The summed E-state index contributed by atoms with van der Waals surface area (Å²) in [7, 11) is 1.26. The number of carbonyl (C=O) groups is 1. The highest BCUT2D eigenvalue weighted by atomic mass is 16.6. The number of benzene rings is 1. The summed E-state index contributed by atoms with van der Waals surface area (Å²) in [6.45, 7) is 0. The van der Waals surface area contributed by atoms with Gasteiger partial charge in [-0.3, -0.25) is 0 Å². The Morgan fingerprint density at radius 2 is 2.19 bits per heavy atom. The molecule has 1 aliphatic heterocycles. The quantitative estimate of drug-likeness (QED) is 0.664. The fraction of sp³-hybridized carbons (Fsp3) is 0.182. The van der Waals surface area contributed by atoms with Crippen molar-refractivity contribution in [1.29, 1.82) is 0 Å². The molecule has 1 heterocycles. The number of methoxy groups -OCH3 is 1. The van der Waals surface area contributed by atoms with E-state index in [1.807, 2.05) is 0 Å². The van der Waals surface area contributed by atoms with Crippen LogP contribution in [-0.4, -0.2) is 24.5 Å². The molecule has 84 valence electrons. The average Bonchev–Trinajstić information content (AvgIpc) is 2.30. The van der Waals surface area contributed by atoms with E-state index in [2.05, 4.69) is 4.74 Å². The van der Waals surface area contributed by atoms with Crippen LogP contribution in [-0.2, 0) is 9.53 Å². The molecule has 1 aromatic carbocycles. The van der Waals surface area contributed by atoms with Crippen molar-refractivity contribution in [2.24, 2.45) is 5.73 Å². The maximum atomic E-state index is 11.6. The van der Waals surface area contributed by atoms with Crippen molar-refractivity contribution in [3.63, 3.8) is 0 Å². The second kappa shape index (κ2) is 3.86. The molecule has 5 nitrogen and oxygen atoms in total. The standard InChI is InChI=1S/C11H11NO4/c1-15-10(13)8-6-4-2-3-5-7(6)16-11(14)9(8)12/h2-5,11,14H,12H2,1H3. The van der Waals surface area contributed by atoms with Crippen LogP contribution in [0.1, 0.15) is 5.56 Å². The number of carbonyl (C=O) groups excluding carboxylic acids is 1. The first kappa shape index (κ1) is 10.5. The molecule has 0 amide bonds. The van der Waals surface area contributed by atoms with E-state index in [4.69, 9.17) is 10.5 Å². The molecule has 1 aliphatic rings. The Balaban J connectivity index is 2.60. The van der Waals surface area contributed by atoms with Crippen molar-refractivity contribution >= 4 is 11.5 Å². The van der Waals surface area contributed by atoms with Crippen LogP contribution in [0, 0.1) is 0 Å². The predicted octanol–water partition coefficient (Wildman–Crippen LogP) is 0.240. The third kappa shape index (κ3) is 1.51. The first-order chi connectivity index (χ1) is 7.65. The van der Waals surface area contributed by atoms with E-state index in [0.717, 1.165) is 0 Å². The van der Waals surface area contributed by atoms with Gasteiger partial charge in [-0.15, -0.1) is 0 Å². The summed E-state index contributed by atoms with van der Waals surface area (Å²) >= 11 is 0. The van der Waals surface area contributed by atoms with Crippen LogP contribution in [0.25, 0.3) is 5.57 Å². The fourth-order valence-electron chi connectivity index (χ4n) is 1.57. The van der Waals surface area contributed by atoms with Crippen molar-refractivity contribution in [2.75, 3.05) is 7.11 Å². The molecule has 0 saturated carbocycles. The van der Waals surface area contributed by atoms with Gasteiger partial charge in [0.2, 0.25) is 6.29 Å². The number of hydrogen-bond acceptors (Lipinski definition) is 5. The van der Waals surface area contributed by atoms with Crippen LogP contribution < -0.4 is 10.5 Å². The summed E-state index contributed by atoms with van der Waals surface area (Å²) in [5.74, 6) is -0.183. The number of rotatable bonds is 1. The lowest BCUT2D eigenvalue weighted by Gasteiger charge is -2.24. The number of ether oxygens (including phenoxy) is 2. The monoisotopic (exact) mass is 221 g/mol. The zero-order chi connectivity index (χ0) is 11.7. The van der Waals surface area contributed by atoms with Gasteiger partial charge in [0.05, 0.1) is 18.4 Å². The Bertz CT molecular complexity index is 467. The van der Waals surface area contributed by atoms with Gasteiger partial charge in [-0.25, -0.2) is 4.79 Å². The minimum Gasteiger partial charge on any atom is -0.465 e. The SMILES string of the molecule is COC(=O)C1=C(N)C(O)Oc2ccccc21. The van der Waals surface area contributed by atoms with Gasteiger partial charge in [-0.2, -0.15) is 0 Å². The van der Waals surface area contributed by atoms with E-state index in [1.54, 1.807) is 24.3 Å². The second-order valence-electron chi connectivity index (χ2n) is 3.29. The molecular formula is C11H11NO4. The molecule has 1 atom stereocenters. The van der Waals surface area contributed by atoms with E-state index in [1.165, 1.54) is 7.11 Å². The molecule has 0 bridgehead atoms. The third-order valence-electron chi connectivity index (χ3n) is 2.34. The van der Waals surface area contributed by atoms with E-state index in [0.29, 0.717) is 11.3 Å². The highest BCUT2D eigenvalue weighted by Gasteiger charge is 2.29. The smallest absolute Gasteiger partial charge is 0.340 e. The Morgan fingerprint density at radius 1 is 1.50 bits per heavy atom. The maximum absolute atomic E-state index is 11.6. The fourth-order valence-corrected chi connectivity index (χ4v) is 1.57. The molecule has 1 aromatic rings. The minimum absolute atomic E-state index is 0.0365. The van der Waals surface area contributed by atoms with E-state index in [9.17, 15) is 9.90 Å². The average molecular weight is 221 g/mol.